The fourth-order valence-corrected chi connectivity index (χ4v) is 4.03. The molecule has 0 spiro atoms. The number of aliphatic hydroxyl groups excluding tert-OH is 1. The Hall–Kier alpha value is -4.73. The number of carbonyl (C=O) groups excluding carboxylic acids is 3. The first-order chi connectivity index (χ1) is 20.7. The van der Waals surface area contributed by atoms with Crippen LogP contribution in [0.5, 0.6) is 23.0 Å². The fourth-order valence-electron chi connectivity index (χ4n) is 4.03. The Bertz CT molecular complexity index is 1320. The van der Waals surface area contributed by atoms with Gasteiger partial charge in [0.05, 0.1) is 14.2 Å². The van der Waals surface area contributed by atoms with Crippen molar-refractivity contribution in [2.45, 2.75) is 27.7 Å². The predicted octanol–water partition coefficient (Wildman–Crippen LogP) is 4.94. The number of methoxy groups -OCH3 is 2. The van der Waals surface area contributed by atoms with Crippen molar-refractivity contribution < 1.29 is 38.4 Å². The highest BCUT2D eigenvalue weighted by Gasteiger charge is 2.14. The van der Waals surface area contributed by atoms with E-state index < -0.39 is 5.78 Å². The van der Waals surface area contributed by atoms with Crippen LogP contribution in [-0.2, 0) is 14.4 Å². The van der Waals surface area contributed by atoms with E-state index in [2.05, 4.69) is 0 Å². The monoisotopic (exact) mass is 594 g/mol. The molecule has 10 nitrogen and oxygen atoms in total. The van der Waals surface area contributed by atoms with Gasteiger partial charge in [-0.2, -0.15) is 0 Å². The average molecular weight is 595 g/mol. The van der Waals surface area contributed by atoms with Gasteiger partial charge in [0, 0.05) is 32.3 Å². The van der Waals surface area contributed by atoms with Gasteiger partial charge < -0.3 is 33.9 Å². The fraction of sp³-hybridized carbons (Fsp3) is 0.364. The smallest absolute Gasteiger partial charge is 0.260 e. The van der Waals surface area contributed by atoms with E-state index >= 15 is 0 Å². The van der Waals surface area contributed by atoms with Crippen LogP contribution in [-0.4, -0.2) is 86.1 Å². The van der Waals surface area contributed by atoms with Crippen LogP contribution < -0.4 is 18.9 Å². The normalized spacial score (nSPS) is 11.4. The number of amides is 2. The number of rotatable bonds is 17. The molecule has 2 amide bonds. The van der Waals surface area contributed by atoms with E-state index in [-0.39, 0.29) is 30.8 Å². The van der Waals surface area contributed by atoms with Crippen LogP contribution in [0.15, 0.2) is 60.4 Å². The number of allylic oxidation sites excluding steroid dienone is 3. The molecule has 0 radical (unpaired) electrons. The van der Waals surface area contributed by atoms with Crippen LogP contribution in [0.25, 0.3) is 12.2 Å². The lowest BCUT2D eigenvalue weighted by atomic mass is 10.1. The molecular formula is C33H42N2O8. The number of ketones is 1. The molecule has 1 N–H and O–H groups in total. The Morgan fingerprint density at radius 2 is 1.09 bits per heavy atom. The van der Waals surface area contributed by atoms with Gasteiger partial charge in [0.15, 0.2) is 42.0 Å². The summed E-state index contributed by atoms with van der Waals surface area (Å²) in [5.41, 5.74) is 1.36. The lowest BCUT2D eigenvalue weighted by Crippen LogP contribution is -2.34. The SMILES string of the molecule is CCN(CC)C(=O)COc1ccc(/C=C/C(=O)/C=C(O)/C=C/c2ccc(OCC(=O)N(CC)CC)c(OC)c2)cc1OC. The van der Waals surface area contributed by atoms with Crippen LogP contribution in [0.4, 0.5) is 0 Å². The molecular weight excluding hydrogens is 552 g/mol. The van der Waals surface area contributed by atoms with Crippen LogP contribution in [0, 0.1) is 0 Å². The van der Waals surface area contributed by atoms with Crippen molar-refractivity contribution in [1.82, 2.24) is 9.80 Å². The quantitative estimate of drug-likeness (QED) is 0.156. The molecule has 0 atom stereocenters. The highest BCUT2D eigenvalue weighted by molar-refractivity contribution is 6.02. The lowest BCUT2D eigenvalue weighted by molar-refractivity contribution is -0.133. The maximum atomic E-state index is 12.4. The number of likely N-dealkylation sites (N-methyl/N-ethyl adjacent to an activating group) is 2. The van der Waals surface area contributed by atoms with E-state index in [1.54, 1.807) is 58.4 Å². The number of carbonyl (C=O) groups is 3. The van der Waals surface area contributed by atoms with Gasteiger partial charge in [-0.15, -0.1) is 0 Å². The number of ether oxygens (including phenoxy) is 4. The summed E-state index contributed by atoms with van der Waals surface area (Å²) in [6.07, 6.45) is 6.99. The Labute approximate surface area is 253 Å². The van der Waals surface area contributed by atoms with E-state index in [0.717, 1.165) is 6.08 Å². The van der Waals surface area contributed by atoms with Gasteiger partial charge >= 0.3 is 0 Å². The molecule has 0 unspecified atom stereocenters. The zero-order valence-electron chi connectivity index (χ0n) is 25.8. The average Bonchev–Trinajstić information content (AvgIpc) is 3.02. The van der Waals surface area contributed by atoms with Crippen molar-refractivity contribution in [3.63, 3.8) is 0 Å². The third-order valence-electron chi connectivity index (χ3n) is 6.49. The maximum Gasteiger partial charge on any atom is 0.260 e. The van der Waals surface area contributed by atoms with Gasteiger partial charge in [-0.3, -0.25) is 14.4 Å². The zero-order chi connectivity index (χ0) is 31.8. The highest BCUT2D eigenvalue weighted by Crippen LogP contribution is 2.30. The van der Waals surface area contributed by atoms with Crippen LogP contribution in [0.1, 0.15) is 38.8 Å². The molecule has 0 saturated carbocycles. The summed E-state index contributed by atoms with van der Waals surface area (Å²) < 4.78 is 22.1. The lowest BCUT2D eigenvalue weighted by Gasteiger charge is -2.19. The second kappa shape index (κ2) is 17.9. The van der Waals surface area contributed by atoms with Crippen molar-refractivity contribution in [3.8, 4) is 23.0 Å². The molecule has 0 aliphatic rings. The van der Waals surface area contributed by atoms with Gasteiger partial charge in [-0.25, -0.2) is 0 Å². The summed E-state index contributed by atoms with van der Waals surface area (Å²) >= 11 is 0. The third-order valence-corrected chi connectivity index (χ3v) is 6.49. The predicted molar refractivity (Wildman–Crippen MR) is 167 cm³/mol. The summed E-state index contributed by atoms with van der Waals surface area (Å²) in [4.78, 5) is 40.2. The van der Waals surface area contributed by atoms with Crippen molar-refractivity contribution in [2.24, 2.45) is 0 Å². The number of hydrogen-bond acceptors (Lipinski definition) is 8. The third kappa shape index (κ3) is 10.9. The first-order valence-electron chi connectivity index (χ1n) is 14.2. The van der Waals surface area contributed by atoms with Crippen molar-refractivity contribution in [3.05, 3.63) is 71.5 Å². The van der Waals surface area contributed by atoms with E-state index in [1.807, 2.05) is 27.7 Å². The van der Waals surface area contributed by atoms with Crippen molar-refractivity contribution in [2.75, 3.05) is 53.6 Å². The largest absolute Gasteiger partial charge is 0.508 e. The molecule has 2 aromatic rings. The van der Waals surface area contributed by atoms with E-state index in [1.165, 1.54) is 26.4 Å². The molecule has 2 rings (SSSR count). The van der Waals surface area contributed by atoms with Crippen LogP contribution in [0.2, 0.25) is 0 Å². The molecule has 10 heteroatoms. The summed E-state index contributed by atoms with van der Waals surface area (Å²) in [6, 6.07) is 10.2. The number of nitrogens with zero attached hydrogens (tertiary/aromatic N) is 2. The molecule has 0 aromatic heterocycles. The van der Waals surface area contributed by atoms with E-state index in [0.29, 0.717) is 60.3 Å². The first-order valence-corrected chi connectivity index (χ1v) is 14.2. The maximum absolute atomic E-state index is 12.4. The molecule has 43 heavy (non-hydrogen) atoms. The number of hydrogen-bond donors (Lipinski definition) is 1. The molecule has 0 heterocycles. The Balaban J connectivity index is 2.01. The molecule has 0 bridgehead atoms. The van der Waals surface area contributed by atoms with Gasteiger partial charge in [0.25, 0.3) is 11.8 Å². The minimum Gasteiger partial charge on any atom is -0.508 e. The summed E-state index contributed by atoms with van der Waals surface area (Å²) in [6.45, 7) is 9.83. The highest BCUT2D eigenvalue weighted by atomic mass is 16.5. The summed E-state index contributed by atoms with van der Waals surface area (Å²) in [5, 5.41) is 10.3. The number of benzene rings is 2. The first kappa shape index (κ1) is 34.5. The van der Waals surface area contributed by atoms with Crippen molar-refractivity contribution >= 4 is 29.7 Å². The summed E-state index contributed by atoms with van der Waals surface area (Å²) in [7, 11) is 2.99. The standard InChI is InChI=1S/C33H42N2O8/c1-7-34(8-2)32(38)22-42-28-17-13-24(19-30(28)40-5)11-15-26(36)21-27(37)16-12-25-14-18-29(31(20-25)41-6)43-23-33(39)35(9-3)10-4/h11-21,36H,7-10,22-23H2,1-6H3/b15-11+,16-12+,26-21-. The van der Waals surface area contributed by atoms with Gasteiger partial charge in [-0.05, 0) is 75.2 Å². The minimum absolute atomic E-state index is 0.102. The molecule has 0 fully saturated rings. The van der Waals surface area contributed by atoms with Gasteiger partial charge in [0.2, 0.25) is 0 Å². The topological polar surface area (TPSA) is 115 Å². The summed E-state index contributed by atoms with van der Waals surface area (Å²) in [5.74, 6) is 0.789. The van der Waals surface area contributed by atoms with Gasteiger partial charge in [-0.1, -0.05) is 24.3 Å². The Morgan fingerprint density at radius 3 is 1.49 bits per heavy atom. The second-order valence-electron chi connectivity index (χ2n) is 9.17. The van der Waals surface area contributed by atoms with Crippen molar-refractivity contribution in [1.29, 1.82) is 0 Å². The van der Waals surface area contributed by atoms with Crippen LogP contribution >= 0.6 is 0 Å². The Morgan fingerprint density at radius 1 is 0.674 bits per heavy atom. The molecule has 0 aliphatic heterocycles. The number of aliphatic hydroxyl groups is 1. The zero-order valence-corrected chi connectivity index (χ0v) is 25.8. The molecule has 232 valence electrons. The minimum atomic E-state index is -0.425. The Kier molecular flexibility index (Phi) is 14.4. The van der Waals surface area contributed by atoms with Gasteiger partial charge in [0.1, 0.15) is 5.76 Å². The van der Waals surface area contributed by atoms with Crippen LogP contribution in [0.3, 0.4) is 0 Å². The van der Waals surface area contributed by atoms with E-state index in [4.69, 9.17) is 18.9 Å². The second-order valence-corrected chi connectivity index (χ2v) is 9.17. The molecule has 0 aliphatic carbocycles. The van der Waals surface area contributed by atoms with E-state index in [9.17, 15) is 19.5 Å². The molecule has 0 saturated heterocycles. The molecule has 2 aromatic carbocycles.